The molecular formula is C10H16N4. The van der Waals surface area contributed by atoms with Gasteiger partial charge in [-0.3, -0.25) is 20.0 Å². The van der Waals surface area contributed by atoms with E-state index in [-0.39, 0.29) is 0 Å². The zero-order valence-corrected chi connectivity index (χ0v) is 8.34. The fourth-order valence-electron chi connectivity index (χ4n) is 0.989. The van der Waals surface area contributed by atoms with Gasteiger partial charge in [0, 0.05) is 50.8 Å². The molecule has 76 valence electrons. The number of aliphatic imine (C=N–C) groups is 4. The van der Waals surface area contributed by atoms with Crippen molar-refractivity contribution in [2.24, 2.45) is 20.0 Å². The van der Waals surface area contributed by atoms with Crippen LogP contribution in [0.5, 0.6) is 0 Å². The van der Waals surface area contributed by atoms with Gasteiger partial charge < -0.3 is 0 Å². The molecule has 0 spiro atoms. The first-order valence-corrected chi connectivity index (χ1v) is 4.93. The highest BCUT2D eigenvalue weighted by atomic mass is 14.8. The van der Waals surface area contributed by atoms with Crippen molar-refractivity contribution in [3.05, 3.63) is 0 Å². The first-order valence-electron chi connectivity index (χ1n) is 4.93. The van der Waals surface area contributed by atoms with E-state index in [2.05, 4.69) is 20.0 Å². The molecule has 0 bridgehead atoms. The van der Waals surface area contributed by atoms with Crippen LogP contribution in [0.3, 0.4) is 0 Å². The van der Waals surface area contributed by atoms with Gasteiger partial charge in [-0.25, -0.2) is 0 Å². The van der Waals surface area contributed by atoms with E-state index in [1.807, 2.05) is 24.9 Å². The van der Waals surface area contributed by atoms with Crippen LogP contribution in [0.1, 0.15) is 12.8 Å². The van der Waals surface area contributed by atoms with E-state index in [0.717, 1.165) is 25.9 Å². The molecule has 1 rings (SSSR count). The second kappa shape index (κ2) is 8.29. The number of hydrogen-bond donors (Lipinski definition) is 0. The summed E-state index contributed by atoms with van der Waals surface area (Å²) in [6, 6.07) is 0. The molecule has 0 aromatic carbocycles. The van der Waals surface area contributed by atoms with E-state index < -0.39 is 0 Å². The average molecular weight is 192 g/mol. The molecule has 0 saturated heterocycles. The van der Waals surface area contributed by atoms with Gasteiger partial charge in [-0.1, -0.05) is 0 Å². The van der Waals surface area contributed by atoms with Crippen LogP contribution < -0.4 is 0 Å². The highest BCUT2D eigenvalue weighted by Crippen LogP contribution is 1.81. The lowest BCUT2D eigenvalue weighted by Gasteiger charge is -1.90. The third-order valence-corrected chi connectivity index (χ3v) is 1.67. The summed E-state index contributed by atoms with van der Waals surface area (Å²) in [4.78, 5) is 16.7. The Labute approximate surface area is 84.6 Å². The summed E-state index contributed by atoms with van der Waals surface area (Å²) < 4.78 is 0. The number of nitrogens with zero attached hydrogens (tertiary/aromatic N) is 4. The van der Waals surface area contributed by atoms with Crippen molar-refractivity contribution >= 4 is 24.9 Å². The molecule has 0 amide bonds. The quantitative estimate of drug-likeness (QED) is 0.551. The summed E-state index contributed by atoms with van der Waals surface area (Å²) in [7, 11) is 0. The molecule has 1 aliphatic heterocycles. The predicted octanol–water partition coefficient (Wildman–Crippen LogP) is 1.06. The Hall–Kier alpha value is -1.32. The zero-order valence-electron chi connectivity index (χ0n) is 8.34. The largest absolute Gasteiger partial charge is 0.295 e. The highest BCUT2D eigenvalue weighted by Gasteiger charge is 1.81. The van der Waals surface area contributed by atoms with E-state index in [1.165, 1.54) is 0 Å². The minimum absolute atomic E-state index is 0.681. The molecule has 0 unspecified atom stereocenters. The van der Waals surface area contributed by atoms with E-state index in [9.17, 15) is 0 Å². The minimum Gasteiger partial charge on any atom is -0.295 e. The molecule has 0 radical (unpaired) electrons. The average Bonchev–Trinajstić information content (AvgIpc) is 2.22. The smallest absolute Gasteiger partial charge is 0.0733 e. The summed E-state index contributed by atoms with van der Waals surface area (Å²) in [5, 5.41) is 0. The Bertz CT molecular complexity index is 191. The van der Waals surface area contributed by atoms with Gasteiger partial charge in [0.15, 0.2) is 0 Å². The van der Waals surface area contributed by atoms with Crippen LogP contribution in [0.15, 0.2) is 20.0 Å². The van der Waals surface area contributed by atoms with Crippen LogP contribution in [-0.2, 0) is 0 Å². The fraction of sp³-hybridized carbons (Fsp3) is 0.600. The molecule has 0 aromatic heterocycles. The molecule has 0 saturated carbocycles. The van der Waals surface area contributed by atoms with Gasteiger partial charge in [-0.05, 0) is 0 Å². The Morgan fingerprint density at radius 2 is 1.07 bits per heavy atom. The molecule has 0 aromatic rings. The highest BCUT2D eigenvalue weighted by molar-refractivity contribution is 5.68. The minimum atomic E-state index is 0.681. The predicted molar refractivity (Wildman–Crippen MR) is 62.7 cm³/mol. The van der Waals surface area contributed by atoms with Gasteiger partial charge in [-0.15, -0.1) is 0 Å². The van der Waals surface area contributed by atoms with Crippen molar-refractivity contribution in [2.45, 2.75) is 12.8 Å². The van der Waals surface area contributed by atoms with E-state index >= 15 is 0 Å². The Morgan fingerprint density at radius 1 is 0.571 bits per heavy atom. The third kappa shape index (κ3) is 6.22. The molecule has 0 atom stereocenters. The van der Waals surface area contributed by atoms with Gasteiger partial charge in [0.05, 0.1) is 13.1 Å². The summed E-state index contributed by atoms with van der Waals surface area (Å²) in [5.41, 5.74) is 0. The van der Waals surface area contributed by atoms with E-state index in [0.29, 0.717) is 13.1 Å². The normalized spacial score (nSPS) is 19.4. The van der Waals surface area contributed by atoms with Gasteiger partial charge in [-0.2, -0.15) is 0 Å². The second-order valence-corrected chi connectivity index (χ2v) is 2.85. The molecule has 0 aliphatic carbocycles. The maximum Gasteiger partial charge on any atom is 0.0733 e. The topological polar surface area (TPSA) is 49.4 Å². The van der Waals surface area contributed by atoms with Crippen molar-refractivity contribution in [1.82, 2.24) is 0 Å². The second-order valence-electron chi connectivity index (χ2n) is 2.85. The lowest BCUT2D eigenvalue weighted by molar-refractivity contribution is 1.03. The van der Waals surface area contributed by atoms with Gasteiger partial charge >= 0.3 is 0 Å². The van der Waals surface area contributed by atoms with Crippen molar-refractivity contribution < 1.29 is 0 Å². The molecule has 14 heavy (non-hydrogen) atoms. The number of hydrogen-bond acceptors (Lipinski definition) is 4. The fourth-order valence-corrected chi connectivity index (χ4v) is 0.989. The molecule has 0 N–H and O–H groups in total. The zero-order chi connectivity index (χ0) is 9.90. The van der Waals surface area contributed by atoms with Gasteiger partial charge in [0.25, 0.3) is 0 Å². The molecule has 0 fully saturated rings. The summed E-state index contributed by atoms with van der Waals surface area (Å²) >= 11 is 0. The summed E-state index contributed by atoms with van der Waals surface area (Å²) in [6.07, 6.45) is 9.29. The third-order valence-electron chi connectivity index (χ3n) is 1.67. The van der Waals surface area contributed by atoms with Crippen molar-refractivity contribution in [1.29, 1.82) is 0 Å². The molecule has 4 nitrogen and oxygen atoms in total. The maximum atomic E-state index is 4.20. The van der Waals surface area contributed by atoms with Crippen LogP contribution in [0, 0.1) is 0 Å². The maximum absolute atomic E-state index is 4.20. The number of rotatable bonds is 0. The van der Waals surface area contributed by atoms with Crippen LogP contribution in [0.4, 0.5) is 0 Å². The van der Waals surface area contributed by atoms with Crippen LogP contribution >= 0.6 is 0 Å². The molecule has 4 heteroatoms. The Morgan fingerprint density at radius 3 is 1.57 bits per heavy atom. The van der Waals surface area contributed by atoms with Crippen molar-refractivity contribution in [3.63, 3.8) is 0 Å². The summed E-state index contributed by atoms with van der Waals surface area (Å²) in [6.45, 7) is 2.97. The SMILES string of the molecule is C1=NCC=NCCC=NCC=NCC1. The van der Waals surface area contributed by atoms with Crippen LogP contribution in [0.2, 0.25) is 0 Å². The van der Waals surface area contributed by atoms with Crippen LogP contribution in [0.25, 0.3) is 0 Å². The lowest BCUT2D eigenvalue weighted by atomic mass is 10.4. The molecular weight excluding hydrogens is 176 g/mol. The molecule has 1 heterocycles. The van der Waals surface area contributed by atoms with Gasteiger partial charge in [0.1, 0.15) is 0 Å². The lowest BCUT2D eigenvalue weighted by Crippen LogP contribution is -1.92. The van der Waals surface area contributed by atoms with Gasteiger partial charge in [0.2, 0.25) is 0 Å². The molecule has 1 aliphatic rings. The first kappa shape index (κ1) is 10.8. The van der Waals surface area contributed by atoms with Crippen molar-refractivity contribution in [2.75, 3.05) is 26.2 Å². The monoisotopic (exact) mass is 192 g/mol. The van der Waals surface area contributed by atoms with E-state index in [4.69, 9.17) is 0 Å². The van der Waals surface area contributed by atoms with Crippen LogP contribution in [-0.4, -0.2) is 51.0 Å². The Kier molecular flexibility index (Phi) is 6.37. The Balaban J connectivity index is 2.33. The van der Waals surface area contributed by atoms with Crippen molar-refractivity contribution in [3.8, 4) is 0 Å². The standard InChI is InChI=1S/C10H16N4/c1-3-11-7-9-13-5-2-6-14-10-8-12-4-1/h3,6,8-9H,1-2,4-5,7,10H2. The van der Waals surface area contributed by atoms with E-state index in [1.54, 1.807) is 0 Å². The first-order chi connectivity index (χ1) is 7.00. The summed E-state index contributed by atoms with van der Waals surface area (Å²) in [5.74, 6) is 0.